The van der Waals surface area contributed by atoms with Gasteiger partial charge in [0.25, 0.3) is 0 Å². The third-order valence-electron chi connectivity index (χ3n) is 1.19. The molecule has 10 heavy (non-hydrogen) atoms. The molecule has 1 atom stereocenters. The summed E-state index contributed by atoms with van der Waals surface area (Å²) < 4.78 is 0. The van der Waals surface area contributed by atoms with Crippen molar-refractivity contribution in [1.82, 2.24) is 5.32 Å². The summed E-state index contributed by atoms with van der Waals surface area (Å²) in [5, 5.41) is 19.5. The topological polar surface area (TPSA) is 69.6 Å². The highest BCUT2D eigenvalue weighted by Crippen LogP contribution is 1.94. The molecule has 0 rings (SSSR count). The van der Waals surface area contributed by atoms with Crippen molar-refractivity contribution in [2.45, 2.75) is 18.9 Å². The van der Waals surface area contributed by atoms with E-state index in [1.807, 2.05) is 0 Å². The third kappa shape index (κ3) is 4.29. The number of nitrogens with one attached hydrogen (secondary N) is 1. The van der Waals surface area contributed by atoms with E-state index in [1.54, 1.807) is 0 Å². The predicted molar refractivity (Wildman–Crippen MR) is 36.4 cm³/mol. The van der Waals surface area contributed by atoms with Gasteiger partial charge in [0.05, 0.1) is 12.7 Å². The van der Waals surface area contributed by atoms with Crippen LogP contribution in [0.5, 0.6) is 0 Å². The normalized spacial score (nSPS) is 12.7. The number of hydrogen-bond acceptors (Lipinski definition) is 3. The fraction of sp³-hybridized carbons (Fsp3) is 0.833. The number of carbonyl (C=O) groups is 1. The van der Waals surface area contributed by atoms with Crippen LogP contribution < -0.4 is 5.32 Å². The molecule has 4 nitrogen and oxygen atoms in total. The van der Waals surface area contributed by atoms with Crippen molar-refractivity contribution < 1.29 is 15.0 Å². The number of carbonyl (C=O) groups excluding carboxylic acids is 1. The number of amides is 1. The lowest BCUT2D eigenvalue weighted by molar-refractivity contribution is -0.121. The second-order valence-electron chi connectivity index (χ2n) is 2.05. The Kier molecular flexibility index (Phi) is 4.88. The minimum atomic E-state index is -0.766. The molecule has 0 saturated carbocycles. The van der Waals surface area contributed by atoms with Gasteiger partial charge in [-0.05, 0) is 6.42 Å². The van der Waals surface area contributed by atoms with Crippen LogP contribution in [0.1, 0.15) is 12.8 Å². The highest BCUT2D eigenvalue weighted by molar-refractivity contribution is 5.75. The fourth-order valence-corrected chi connectivity index (χ4v) is 0.514. The SMILES string of the molecule is CNC(=O)CCC(O)CO. The Morgan fingerprint density at radius 2 is 2.30 bits per heavy atom. The van der Waals surface area contributed by atoms with Crippen molar-refractivity contribution in [3.63, 3.8) is 0 Å². The van der Waals surface area contributed by atoms with E-state index in [1.165, 1.54) is 7.05 Å². The zero-order chi connectivity index (χ0) is 7.98. The van der Waals surface area contributed by atoms with E-state index in [-0.39, 0.29) is 18.9 Å². The number of rotatable bonds is 4. The largest absolute Gasteiger partial charge is 0.394 e. The molecule has 0 aliphatic carbocycles. The summed E-state index contributed by atoms with van der Waals surface area (Å²) in [7, 11) is 1.54. The van der Waals surface area contributed by atoms with Crippen LogP contribution in [0.25, 0.3) is 0 Å². The molecular weight excluding hydrogens is 134 g/mol. The smallest absolute Gasteiger partial charge is 0.219 e. The van der Waals surface area contributed by atoms with Gasteiger partial charge in [0, 0.05) is 13.5 Å². The molecule has 0 aliphatic rings. The lowest BCUT2D eigenvalue weighted by atomic mass is 10.2. The van der Waals surface area contributed by atoms with Gasteiger partial charge in [-0.15, -0.1) is 0 Å². The Morgan fingerprint density at radius 1 is 1.70 bits per heavy atom. The van der Waals surface area contributed by atoms with Crippen molar-refractivity contribution in [2.24, 2.45) is 0 Å². The molecule has 0 saturated heterocycles. The molecule has 60 valence electrons. The van der Waals surface area contributed by atoms with Crippen LogP contribution in [-0.2, 0) is 4.79 Å². The van der Waals surface area contributed by atoms with Gasteiger partial charge in [0.1, 0.15) is 0 Å². The Bertz CT molecular complexity index is 105. The molecule has 1 unspecified atom stereocenters. The minimum Gasteiger partial charge on any atom is -0.394 e. The molecule has 0 aromatic carbocycles. The van der Waals surface area contributed by atoms with Crippen molar-refractivity contribution in [3.05, 3.63) is 0 Å². The highest BCUT2D eigenvalue weighted by Gasteiger charge is 2.04. The minimum absolute atomic E-state index is 0.118. The molecule has 3 N–H and O–H groups in total. The summed E-state index contributed by atoms with van der Waals surface area (Å²) in [5.74, 6) is -0.118. The fourth-order valence-electron chi connectivity index (χ4n) is 0.514. The van der Waals surface area contributed by atoms with E-state index in [2.05, 4.69) is 5.32 Å². The first-order valence-corrected chi connectivity index (χ1v) is 3.20. The monoisotopic (exact) mass is 147 g/mol. The maximum Gasteiger partial charge on any atom is 0.219 e. The predicted octanol–water partition coefficient (Wildman–Crippen LogP) is -1.13. The summed E-state index contributed by atoms with van der Waals surface area (Å²) in [6.07, 6.45) is -0.189. The van der Waals surface area contributed by atoms with Crippen LogP contribution >= 0.6 is 0 Å². The molecule has 0 aliphatic heterocycles. The van der Waals surface area contributed by atoms with Crippen LogP contribution in [-0.4, -0.2) is 35.9 Å². The number of hydrogen-bond donors (Lipinski definition) is 3. The van der Waals surface area contributed by atoms with Gasteiger partial charge in [0.15, 0.2) is 0 Å². The van der Waals surface area contributed by atoms with E-state index in [9.17, 15) is 4.79 Å². The first kappa shape index (κ1) is 9.39. The van der Waals surface area contributed by atoms with Crippen LogP contribution in [0.3, 0.4) is 0 Å². The summed E-state index contributed by atoms with van der Waals surface area (Å²) in [6.45, 7) is -0.281. The van der Waals surface area contributed by atoms with Crippen LogP contribution in [0.15, 0.2) is 0 Å². The Morgan fingerprint density at radius 3 is 2.70 bits per heavy atom. The molecule has 0 heterocycles. The molecule has 0 aromatic heterocycles. The lowest BCUT2D eigenvalue weighted by Gasteiger charge is -2.04. The summed E-state index contributed by atoms with van der Waals surface area (Å²) in [4.78, 5) is 10.5. The summed E-state index contributed by atoms with van der Waals surface area (Å²) in [5.41, 5.74) is 0. The summed E-state index contributed by atoms with van der Waals surface area (Å²) >= 11 is 0. The Balaban J connectivity index is 3.26. The van der Waals surface area contributed by atoms with Gasteiger partial charge < -0.3 is 15.5 Å². The third-order valence-corrected chi connectivity index (χ3v) is 1.19. The van der Waals surface area contributed by atoms with Crippen LogP contribution in [0.4, 0.5) is 0 Å². The Labute approximate surface area is 59.9 Å². The molecule has 4 heteroatoms. The van der Waals surface area contributed by atoms with Crippen molar-refractivity contribution in [2.75, 3.05) is 13.7 Å². The average Bonchev–Trinajstić information content (AvgIpc) is 1.99. The van der Waals surface area contributed by atoms with Gasteiger partial charge in [-0.25, -0.2) is 0 Å². The number of aliphatic hydroxyl groups excluding tert-OH is 2. The van der Waals surface area contributed by atoms with Gasteiger partial charge in [-0.1, -0.05) is 0 Å². The lowest BCUT2D eigenvalue weighted by Crippen LogP contribution is -2.21. The van der Waals surface area contributed by atoms with Crippen LogP contribution in [0, 0.1) is 0 Å². The molecule has 1 amide bonds. The second-order valence-corrected chi connectivity index (χ2v) is 2.05. The molecule has 0 bridgehead atoms. The maximum absolute atomic E-state index is 10.5. The zero-order valence-electron chi connectivity index (χ0n) is 6.00. The maximum atomic E-state index is 10.5. The van der Waals surface area contributed by atoms with E-state index in [0.717, 1.165) is 0 Å². The van der Waals surface area contributed by atoms with Crippen molar-refractivity contribution >= 4 is 5.91 Å². The van der Waals surface area contributed by atoms with E-state index < -0.39 is 6.10 Å². The van der Waals surface area contributed by atoms with Gasteiger partial charge in [0.2, 0.25) is 5.91 Å². The first-order chi connectivity index (χ1) is 4.70. The standard InChI is InChI=1S/C6H13NO3/c1-7-6(10)3-2-5(9)4-8/h5,8-9H,2-4H2,1H3,(H,7,10). The van der Waals surface area contributed by atoms with E-state index in [4.69, 9.17) is 10.2 Å². The van der Waals surface area contributed by atoms with Crippen LogP contribution in [0.2, 0.25) is 0 Å². The van der Waals surface area contributed by atoms with Gasteiger partial charge in [-0.3, -0.25) is 4.79 Å². The van der Waals surface area contributed by atoms with Gasteiger partial charge in [-0.2, -0.15) is 0 Å². The molecular formula is C6H13NO3. The van der Waals surface area contributed by atoms with E-state index in [0.29, 0.717) is 6.42 Å². The first-order valence-electron chi connectivity index (χ1n) is 3.20. The molecule has 0 spiro atoms. The highest BCUT2D eigenvalue weighted by atomic mass is 16.3. The van der Waals surface area contributed by atoms with Gasteiger partial charge >= 0.3 is 0 Å². The molecule has 0 radical (unpaired) electrons. The van der Waals surface area contributed by atoms with E-state index >= 15 is 0 Å². The zero-order valence-corrected chi connectivity index (χ0v) is 6.00. The quantitative estimate of drug-likeness (QED) is 0.471. The summed E-state index contributed by atoms with van der Waals surface area (Å²) in [6, 6.07) is 0. The molecule has 0 fully saturated rings. The number of aliphatic hydroxyl groups is 2. The second kappa shape index (κ2) is 5.20. The average molecular weight is 147 g/mol. The van der Waals surface area contributed by atoms with Crippen molar-refractivity contribution in [3.8, 4) is 0 Å². The van der Waals surface area contributed by atoms with Crippen molar-refractivity contribution in [1.29, 1.82) is 0 Å². The molecule has 0 aromatic rings. The Hall–Kier alpha value is -0.610.